The van der Waals surface area contributed by atoms with Crippen LogP contribution in [0.4, 0.5) is 4.39 Å². The maximum atomic E-state index is 13.0. The molecule has 1 fully saturated rings. The van der Waals surface area contributed by atoms with Crippen molar-refractivity contribution >= 4 is 0 Å². The fourth-order valence-electron chi connectivity index (χ4n) is 3.11. The second kappa shape index (κ2) is 7.15. The molecule has 2 atom stereocenters. The van der Waals surface area contributed by atoms with E-state index in [9.17, 15) is 9.50 Å². The monoisotopic (exact) mass is 315 g/mol. The Balaban J connectivity index is 1.54. The van der Waals surface area contributed by atoms with Crippen molar-refractivity contribution in [2.45, 2.75) is 32.4 Å². The zero-order valence-corrected chi connectivity index (χ0v) is 13.3. The van der Waals surface area contributed by atoms with Crippen LogP contribution in [-0.2, 0) is 13.0 Å². The first-order valence-electron chi connectivity index (χ1n) is 8.02. The molecule has 2 heterocycles. The molecule has 3 rings (SSSR count). The SMILES string of the molecule is Cc1ncc(CN2CC[C@H](Cc3ccc(F)cc3)[C@@H](O)C2)cn1. The van der Waals surface area contributed by atoms with Crippen LogP contribution in [0.3, 0.4) is 0 Å². The van der Waals surface area contributed by atoms with Crippen LogP contribution < -0.4 is 0 Å². The Hall–Kier alpha value is -1.85. The lowest BCUT2D eigenvalue weighted by atomic mass is 9.88. The Morgan fingerprint density at radius 1 is 1.17 bits per heavy atom. The van der Waals surface area contributed by atoms with E-state index >= 15 is 0 Å². The van der Waals surface area contributed by atoms with Gasteiger partial charge in [0.2, 0.25) is 0 Å². The third-order valence-electron chi connectivity index (χ3n) is 4.46. The summed E-state index contributed by atoms with van der Waals surface area (Å²) in [6.45, 7) is 4.23. The van der Waals surface area contributed by atoms with Crippen LogP contribution in [-0.4, -0.2) is 39.2 Å². The lowest BCUT2D eigenvalue weighted by Gasteiger charge is -2.36. The molecule has 1 aliphatic rings. The van der Waals surface area contributed by atoms with Gasteiger partial charge in [0.25, 0.3) is 0 Å². The van der Waals surface area contributed by atoms with E-state index in [0.29, 0.717) is 6.54 Å². The molecule has 1 saturated heterocycles. The third kappa shape index (κ3) is 4.33. The van der Waals surface area contributed by atoms with Gasteiger partial charge < -0.3 is 5.11 Å². The summed E-state index contributed by atoms with van der Waals surface area (Å²) in [5.74, 6) is 0.780. The van der Waals surface area contributed by atoms with E-state index in [1.165, 1.54) is 12.1 Å². The summed E-state index contributed by atoms with van der Waals surface area (Å²) in [7, 11) is 0. The average molecular weight is 315 g/mol. The van der Waals surface area contributed by atoms with Gasteiger partial charge in [0.05, 0.1) is 6.10 Å². The molecular formula is C18H22FN3O. The van der Waals surface area contributed by atoms with Crippen LogP contribution in [0.25, 0.3) is 0 Å². The number of piperidine rings is 1. The molecule has 2 aromatic rings. The number of β-amino-alcohol motifs (C(OH)–C–C–N with tert-alkyl or cyclic N) is 1. The van der Waals surface area contributed by atoms with E-state index in [2.05, 4.69) is 14.9 Å². The highest BCUT2D eigenvalue weighted by Gasteiger charge is 2.27. The number of aliphatic hydroxyl groups excluding tert-OH is 1. The van der Waals surface area contributed by atoms with Crippen LogP contribution in [0, 0.1) is 18.7 Å². The quantitative estimate of drug-likeness (QED) is 0.941. The summed E-state index contributed by atoms with van der Waals surface area (Å²) in [5.41, 5.74) is 2.15. The standard InChI is InChI=1S/C18H22FN3O/c1-13-20-9-15(10-21-13)11-22-7-6-16(18(23)12-22)8-14-2-4-17(19)5-3-14/h2-5,9-10,16,18,23H,6-8,11-12H2,1H3/t16-,18+/m1/s1. The maximum absolute atomic E-state index is 13.0. The first kappa shape index (κ1) is 16.0. The number of benzene rings is 1. The molecule has 1 aliphatic heterocycles. The van der Waals surface area contributed by atoms with Crippen molar-refractivity contribution < 1.29 is 9.50 Å². The number of likely N-dealkylation sites (tertiary alicyclic amines) is 1. The van der Waals surface area contributed by atoms with Gasteiger partial charge in [-0.15, -0.1) is 0 Å². The molecule has 4 nitrogen and oxygen atoms in total. The predicted octanol–water partition coefficient (Wildman–Crippen LogP) is 2.35. The van der Waals surface area contributed by atoms with Gasteiger partial charge in [-0.3, -0.25) is 4.90 Å². The molecule has 1 N–H and O–H groups in total. The number of aliphatic hydroxyl groups is 1. The first-order chi connectivity index (χ1) is 11.1. The summed E-state index contributed by atoms with van der Waals surface area (Å²) in [4.78, 5) is 10.7. The lowest BCUT2D eigenvalue weighted by molar-refractivity contribution is 0.0187. The molecule has 0 unspecified atom stereocenters. The molecule has 5 heteroatoms. The Kier molecular flexibility index (Phi) is 4.98. The highest BCUT2D eigenvalue weighted by atomic mass is 19.1. The zero-order chi connectivity index (χ0) is 16.2. The van der Waals surface area contributed by atoms with Gasteiger partial charge in [-0.25, -0.2) is 14.4 Å². The second-order valence-electron chi connectivity index (χ2n) is 6.32. The van der Waals surface area contributed by atoms with Crippen molar-refractivity contribution in [1.82, 2.24) is 14.9 Å². The van der Waals surface area contributed by atoms with Crippen molar-refractivity contribution in [2.24, 2.45) is 5.92 Å². The summed E-state index contributed by atoms with van der Waals surface area (Å²) in [5, 5.41) is 10.4. The number of aryl methyl sites for hydroxylation is 1. The Morgan fingerprint density at radius 2 is 1.87 bits per heavy atom. The van der Waals surface area contributed by atoms with E-state index in [4.69, 9.17) is 0 Å². The number of hydrogen-bond donors (Lipinski definition) is 1. The molecule has 122 valence electrons. The van der Waals surface area contributed by atoms with E-state index < -0.39 is 0 Å². The molecule has 0 aliphatic carbocycles. The van der Waals surface area contributed by atoms with Crippen molar-refractivity contribution in [3.63, 3.8) is 0 Å². The van der Waals surface area contributed by atoms with E-state index in [0.717, 1.165) is 42.9 Å². The minimum atomic E-state index is -0.361. The topological polar surface area (TPSA) is 49.2 Å². The molecule has 0 bridgehead atoms. The number of aromatic nitrogens is 2. The van der Waals surface area contributed by atoms with Crippen LogP contribution in [0.5, 0.6) is 0 Å². The smallest absolute Gasteiger partial charge is 0.125 e. The highest BCUT2D eigenvalue weighted by Crippen LogP contribution is 2.23. The Morgan fingerprint density at radius 3 is 2.52 bits per heavy atom. The highest BCUT2D eigenvalue weighted by molar-refractivity contribution is 5.17. The minimum Gasteiger partial charge on any atom is -0.391 e. The van der Waals surface area contributed by atoms with Gasteiger partial charge in [0, 0.05) is 31.0 Å². The van der Waals surface area contributed by atoms with Crippen LogP contribution in [0.1, 0.15) is 23.4 Å². The average Bonchev–Trinajstić information content (AvgIpc) is 2.54. The van der Waals surface area contributed by atoms with Gasteiger partial charge in [-0.05, 0) is 49.9 Å². The first-order valence-corrected chi connectivity index (χ1v) is 8.02. The molecule has 0 amide bonds. The number of halogens is 1. The van der Waals surface area contributed by atoms with Crippen molar-refractivity contribution in [3.05, 3.63) is 59.4 Å². The van der Waals surface area contributed by atoms with Gasteiger partial charge in [0.1, 0.15) is 11.6 Å². The molecule has 1 aromatic carbocycles. The molecule has 23 heavy (non-hydrogen) atoms. The predicted molar refractivity (Wildman–Crippen MR) is 86.3 cm³/mol. The second-order valence-corrected chi connectivity index (χ2v) is 6.32. The van der Waals surface area contributed by atoms with Gasteiger partial charge in [-0.2, -0.15) is 0 Å². The Bertz CT molecular complexity index is 630. The van der Waals surface area contributed by atoms with Crippen LogP contribution in [0.15, 0.2) is 36.7 Å². The van der Waals surface area contributed by atoms with Gasteiger partial charge in [0.15, 0.2) is 0 Å². The fourth-order valence-corrected chi connectivity index (χ4v) is 3.11. The maximum Gasteiger partial charge on any atom is 0.125 e. The van der Waals surface area contributed by atoms with E-state index in [-0.39, 0.29) is 17.8 Å². The van der Waals surface area contributed by atoms with Crippen molar-refractivity contribution in [1.29, 1.82) is 0 Å². The summed E-state index contributed by atoms with van der Waals surface area (Å²) in [6, 6.07) is 6.57. The van der Waals surface area contributed by atoms with Crippen molar-refractivity contribution in [3.8, 4) is 0 Å². The molecule has 0 spiro atoms. The number of nitrogens with zero attached hydrogens (tertiary/aromatic N) is 3. The molecule has 0 radical (unpaired) electrons. The van der Waals surface area contributed by atoms with Gasteiger partial charge >= 0.3 is 0 Å². The minimum absolute atomic E-state index is 0.218. The molecule has 1 aromatic heterocycles. The summed E-state index contributed by atoms with van der Waals surface area (Å²) >= 11 is 0. The normalized spacial score (nSPS) is 22.2. The Labute approximate surface area is 136 Å². The van der Waals surface area contributed by atoms with Gasteiger partial charge in [-0.1, -0.05) is 12.1 Å². The summed E-state index contributed by atoms with van der Waals surface area (Å²) in [6.07, 6.45) is 5.06. The zero-order valence-electron chi connectivity index (χ0n) is 13.3. The number of rotatable bonds is 4. The van der Waals surface area contributed by atoms with Crippen LogP contribution >= 0.6 is 0 Å². The third-order valence-corrected chi connectivity index (χ3v) is 4.46. The van der Waals surface area contributed by atoms with Crippen LogP contribution in [0.2, 0.25) is 0 Å². The summed E-state index contributed by atoms with van der Waals surface area (Å²) < 4.78 is 13.0. The van der Waals surface area contributed by atoms with E-state index in [1.807, 2.05) is 19.3 Å². The van der Waals surface area contributed by atoms with E-state index in [1.54, 1.807) is 12.1 Å². The molecular weight excluding hydrogens is 293 g/mol. The molecule has 0 saturated carbocycles. The fraction of sp³-hybridized carbons (Fsp3) is 0.444. The van der Waals surface area contributed by atoms with Crippen molar-refractivity contribution in [2.75, 3.05) is 13.1 Å². The number of hydrogen-bond acceptors (Lipinski definition) is 4. The largest absolute Gasteiger partial charge is 0.391 e. The lowest BCUT2D eigenvalue weighted by Crippen LogP contribution is -2.44.